The first kappa shape index (κ1) is 16.0. The molecule has 0 radical (unpaired) electrons. The van der Waals surface area contributed by atoms with Crippen LogP contribution in [0.25, 0.3) is 0 Å². The lowest BCUT2D eigenvalue weighted by Crippen LogP contribution is -2.32. The molecule has 0 saturated heterocycles. The second kappa shape index (κ2) is 7.04. The average Bonchev–Trinajstić information content (AvgIpc) is 2.50. The fourth-order valence-electron chi connectivity index (χ4n) is 2.05. The van der Waals surface area contributed by atoms with Gasteiger partial charge in [-0.25, -0.2) is 9.18 Å². The number of aliphatic hydroxyl groups is 1. The minimum absolute atomic E-state index is 0.0440. The third-order valence-corrected chi connectivity index (χ3v) is 3.56. The smallest absolute Gasteiger partial charge is 0.319 e. The van der Waals surface area contributed by atoms with E-state index in [0.717, 1.165) is 16.8 Å². The Morgan fingerprint density at radius 1 is 1.18 bits per heavy atom. The number of anilines is 1. The highest BCUT2D eigenvalue weighted by molar-refractivity contribution is 5.90. The van der Waals surface area contributed by atoms with Crippen molar-refractivity contribution in [3.63, 3.8) is 0 Å². The second-order valence-corrected chi connectivity index (χ2v) is 5.15. The van der Waals surface area contributed by atoms with E-state index in [-0.39, 0.29) is 12.4 Å². The molecule has 2 aromatic carbocycles. The van der Waals surface area contributed by atoms with Gasteiger partial charge in [0.2, 0.25) is 0 Å². The Labute approximate surface area is 129 Å². The quantitative estimate of drug-likeness (QED) is 0.811. The maximum atomic E-state index is 12.8. The molecule has 2 aromatic rings. The summed E-state index contributed by atoms with van der Waals surface area (Å²) in [4.78, 5) is 11.9. The van der Waals surface area contributed by atoms with Crippen LogP contribution in [0.3, 0.4) is 0 Å². The molecule has 0 aliphatic heterocycles. The van der Waals surface area contributed by atoms with E-state index in [2.05, 4.69) is 10.6 Å². The molecule has 1 atom stereocenters. The number of carbonyl (C=O) groups is 1. The van der Waals surface area contributed by atoms with Gasteiger partial charge in [0.15, 0.2) is 0 Å². The molecule has 0 aliphatic rings. The molecule has 0 aliphatic carbocycles. The van der Waals surface area contributed by atoms with Crippen molar-refractivity contribution in [3.05, 3.63) is 65.0 Å². The fraction of sp³-hybridized carbons (Fsp3) is 0.235. The summed E-state index contributed by atoms with van der Waals surface area (Å²) in [5, 5.41) is 15.3. The van der Waals surface area contributed by atoms with E-state index in [1.54, 1.807) is 0 Å². The van der Waals surface area contributed by atoms with E-state index in [0.29, 0.717) is 5.56 Å². The Morgan fingerprint density at radius 2 is 1.86 bits per heavy atom. The summed E-state index contributed by atoms with van der Waals surface area (Å²) in [5.41, 5.74) is 3.36. The zero-order valence-electron chi connectivity index (χ0n) is 12.6. The third kappa shape index (κ3) is 4.05. The lowest BCUT2D eigenvalue weighted by Gasteiger charge is -2.14. The van der Waals surface area contributed by atoms with Gasteiger partial charge in [0.1, 0.15) is 5.82 Å². The largest absolute Gasteiger partial charge is 0.387 e. The number of aryl methyl sites for hydroxylation is 1. The van der Waals surface area contributed by atoms with E-state index < -0.39 is 12.1 Å². The third-order valence-electron chi connectivity index (χ3n) is 3.56. The number of nitrogens with one attached hydrogen (secondary N) is 2. The summed E-state index contributed by atoms with van der Waals surface area (Å²) in [7, 11) is 0. The summed E-state index contributed by atoms with van der Waals surface area (Å²) < 4.78 is 12.8. The van der Waals surface area contributed by atoms with Gasteiger partial charge >= 0.3 is 6.03 Å². The first-order valence-corrected chi connectivity index (χ1v) is 7.02. The number of aliphatic hydroxyl groups excluding tert-OH is 1. The van der Waals surface area contributed by atoms with Crippen molar-refractivity contribution >= 4 is 11.7 Å². The molecule has 0 bridgehead atoms. The van der Waals surface area contributed by atoms with Crippen molar-refractivity contribution in [1.29, 1.82) is 0 Å². The topological polar surface area (TPSA) is 61.4 Å². The molecule has 5 heteroatoms. The van der Waals surface area contributed by atoms with Gasteiger partial charge in [-0.1, -0.05) is 24.3 Å². The lowest BCUT2D eigenvalue weighted by molar-refractivity contribution is 0.175. The van der Waals surface area contributed by atoms with Gasteiger partial charge in [0.25, 0.3) is 0 Å². The zero-order chi connectivity index (χ0) is 16.1. The second-order valence-electron chi connectivity index (χ2n) is 5.15. The number of hydrogen-bond donors (Lipinski definition) is 3. The molecular formula is C17H19FN2O2. The summed E-state index contributed by atoms with van der Waals surface area (Å²) in [6.07, 6.45) is -0.884. The number of benzene rings is 2. The van der Waals surface area contributed by atoms with Crippen LogP contribution in [0.1, 0.15) is 22.8 Å². The van der Waals surface area contributed by atoms with Gasteiger partial charge in [-0.2, -0.15) is 0 Å². The van der Waals surface area contributed by atoms with Gasteiger partial charge in [0, 0.05) is 12.2 Å². The van der Waals surface area contributed by atoms with Crippen molar-refractivity contribution < 1.29 is 14.3 Å². The molecule has 22 heavy (non-hydrogen) atoms. The van der Waals surface area contributed by atoms with E-state index >= 15 is 0 Å². The molecule has 4 nitrogen and oxygen atoms in total. The van der Waals surface area contributed by atoms with E-state index in [1.165, 1.54) is 24.3 Å². The minimum atomic E-state index is -0.884. The van der Waals surface area contributed by atoms with E-state index in [9.17, 15) is 14.3 Å². The molecule has 0 saturated carbocycles. The molecule has 2 rings (SSSR count). The predicted molar refractivity (Wildman–Crippen MR) is 84.3 cm³/mol. The summed E-state index contributed by atoms with van der Waals surface area (Å²) in [6.45, 7) is 3.94. The van der Waals surface area contributed by atoms with Crippen LogP contribution in [0.15, 0.2) is 42.5 Å². The monoisotopic (exact) mass is 302 g/mol. The first-order valence-electron chi connectivity index (χ1n) is 7.02. The van der Waals surface area contributed by atoms with Crippen LogP contribution in [0, 0.1) is 19.7 Å². The summed E-state index contributed by atoms with van der Waals surface area (Å²) in [5.74, 6) is -0.364. The summed E-state index contributed by atoms with van der Waals surface area (Å²) in [6, 6.07) is 10.8. The Bertz CT molecular complexity index is 656. The number of hydrogen-bond acceptors (Lipinski definition) is 2. The molecule has 0 unspecified atom stereocenters. The van der Waals surface area contributed by atoms with Crippen molar-refractivity contribution in [2.75, 3.05) is 11.9 Å². The number of halogens is 1. The lowest BCUT2D eigenvalue weighted by atomic mass is 10.1. The number of urea groups is 1. The SMILES string of the molecule is Cc1cccc(NC(=O)NC[C@@H](O)c2ccc(F)cc2)c1C. The Kier molecular flexibility index (Phi) is 5.12. The number of carbonyl (C=O) groups excluding carboxylic acids is 1. The van der Waals surface area contributed by atoms with Crippen molar-refractivity contribution in [2.24, 2.45) is 0 Å². The Hall–Kier alpha value is -2.40. The average molecular weight is 302 g/mol. The molecule has 3 N–H and O–H groups in total. The van der Waals surface area contributed by atoms with Gasteiger partial charge in [-0.05, 0) is 48.7 Å². The predicted octanol–water partition coefficient (Wildman–Crippen LogP) is 3.30. The number of rotatable bonds is 4. The van der Waals surface area contributed by atoms with Crippen molar-refractivity contribution in [2.45, 2.75) is 20.0 Å². The Balaban J connectivity index is 1.90. The Morgan fingerprint density at radius 3 is 2.55 bits per heavy atom. The zero-order valence-corrected chi connectivity index (χ0v) is 12.6. The minimum Gasteiger partial charge on any atom is -0.387 e. The molecule has 2 amide bonds. The van der Waals surface area contributed by atoms with E-state index in [4.69, 9.17) is 0 Å². The van der Waals surface area contributed by atoms with Gasteiger partial charge < -0.3 is 15.7 Å². The van der Waals surface area contributed by atoms with E-state index in [1.807, 2.05) is 32.0 Å². The first-order chi connectivity index (χ1) is 10.5. The molecule has 0 heterocycles. The highest BCUT2D eigenvalue weighted by Gasteiger charge is 2.10. The van der Waals surface area contributed by atoms with Gasteiger partial charge in [-0.15, -0.1) is 0 Å². The normalized spacial score (nSPS) is 11.8. The molecular weight excluding hydrogens is 283 g/mol. The molecule has 0 aromatic heterocycles. The highest BCUT2D eigenvalue weighted by atomic mass is 19.1. The van der Waals surface area contributed by atoms with Gasteiger partial charge in [-0.3, -0.25) is 0 Å². The maximum absolute atomic E-state index is 12.8. The van der Waals surface area contributed by atoms with Crippen molar-refractivity contribution in [1.82, 2.24) is 5.32 Å². The number of amides is 2. The van der Waals surface area contributed by atoms with Crippen LogP contribution in [-0.4, -0.2) is 17.7 Å². The van der Waals surface area contributed by atoms with Gasteiger partial charge in [0.05, 0.1) is 6.10 Å². The van der Waals surface area contributed by atoms with Crippen molar-refractivity contribution in [3.8, 4) is 0 Å². The van der Waals surface area contributed by atoms with Crippen LogP contribution in [-0.2, 0) is 0 Å². The highest BCUT2D eigenvalue weighted by Crippen LogP contribution is 2.18. The maximum Gasteiger partial charge on any atom is 0.319 e. The van der Waals surface area contributed by atoms with Crippen LogP contribution >= 0.6 is 0 Å². The standard InChI is InChI=1S/C17H19FN2O2/c1-11-4-3-5-15(12(11)2)20-17(22)19-10-16(21)13-6-8-14(18)9-7-13/h3-9,16,21H,10H2,1-2H3,(H2,19,20,22)/t16-/m1/s1. The fourth-order valence-corrected chi connectivity index (χ4v) is 2.05. The van der Waals surface area contributed by atoms with Crippen LogP contribution in [0.4, 0.5) is 14.9 Å². The molecule has 116 valence electrons. The molecule has 0 fully saturated rings. The van der Waals surface area contributed by atoms with Crippen LogP contribution in [0.2, 0.25) is 0 Å². The van der Waals surface area contributed by atoms with Crippen LogP contribution in [0.5, 0.6) is 0 Å². The van der Waals surface area contributed by atoms with Crippen LogP contribution < -0.4 is 10.6 Å². The molecule has 0 spiro atoms. The summed E-state index contributed by atoms with van der Waals surface area (Å²) >= 11 is 0.